The van der Waals surface area contributed by atoms with Gasteiger partial charge in [0.25, 0.3) is 0 Å². The molecule has 1 aromatic carbocycles. The molecule has 2 unspecified atom stereocenters. The third-order valence-corrected chi connectivity index (χ3v) is 3.90. The van der Waals surface area contributed by atoms with E-state index in [1.807, 2.05) is 19.9 Å². The number of hydrogen-bond acceptors (Lipinski definition) is 4. The van der Waals surface area contributed by atoms with E-state index >= 15 is 0 Å². The first-order valence-electron chi connectivity index (χ1n) is 7.34. The van der Waals surface area contributed by atoms with Gasteiger partial charge in [0.2, 0.25) is 6.79 Å². The summed E-state index contributed by atoms with van der Waals surface area (Å²) in [6.07, 6.45) is 2.77. The van der Waals surface area contributed by atoms with Crippen LogP contribution in [0.25, 0.3) is 0 Å². The molecule has 0 fully saturated rings. The first kappa shape index (κ1) is 15.1. The molecule has 1 aromatic rings. The van der Waals surface area contributed by atoms with Gasteiger partial charge in [-0.3, -0.25) is 0 Å². The second-order valence-electron chi connectivity index (χ2n) is 5.86. The van der Waals surface area contributed by atoms with Gasteiger partial charge in [0.1, 0.15) is 0 Å². The molecule has 0 aromatic heterocycles. The molecular weight excluding hydrogens is 254 g/mol. The van der Waals surface area contributed by atoms with Gasteiger partial charge in [0.15, 0.2) is 11.5 Å². The molecule has 0 amide bonds. The van der Waals surface area contributed by atoms with Crippen molar-refractivity contribution >= 4 is 0 Å². The van der Waals surface area contributed by atoms with Crippen LogP contribution in [0.3, 0.4) is 0 Å². The van der Waals surface area contributed by atoms with Gasteiger partial charge in [-0.25, -0.2) is 0 Å². The molecule has 0 saturated heterocycles. The third kappa shape index (κ3) is 4.12. The van der Waals surface area contributed by atoms with Crippen molar-refractivity contribution in [3.63, 3.8) is 0 Å². The first-order chi connectivity index (χ1) is 9.50. The van der Waals surface area contributed by atoms with Crippen LogP contribution in [0, 0.1) is 0 Å². The summed E-state index contributed by atoms with van der Waals surface area (Å²) in [5, 5.41) is 13.4. The van der Waals surface area contributed by atoms with Crippen LogP contribution in [0.15, 0.2) is 18.2 Å². The van der Waals surface area contributed by atoms with Crippen LogP contribution in [0.4, 0.5) is 0 Å². The lowest BCUT2D eigenvalue weighted by Crippen LogP contribution is -2.41. The van der Waals surface area contributed by atoms with Gasteiger partial charge in [0.05, 0.1) is 5.60 Å². The molecule has 1 aliphatic heterocycles. The smallest absolute Gasteiger partial charge is 0.231 e. The molecule has 0 bridgehead atoms. The standard InChI is InChI=1S/C16H25NO3/c1-4-16(3,18)10-17-12(2)5-6-13-7-8-14-15(9-13)20-11-19-14/h7-9,12,17-18H,4-6,10-11H2,1-3H3. The Bertz CT molecular complexity index is 445. The molecule has 2 atom stereocenters. The highest BCUT2D eigenvalue weighted by Crippen LogP contribution is 2.32. The lowest BCUT2D eigenvalue weighted by molar-refractivity contribution is 0.0531. The van der Waals surface area contributed by atoms with Gasteiger partial charge in [0, 0.05) is 12.6 Å². The Kier molecular flexibility index (Phi) is 4.89. The predicted molar refractivity (Wildman–Crippen MR) is 79.3 cm³/mol. The molecular formula is C16H25NO3. The Labute approximate surface area is 121 Å². The quantitative estimate of drug-likeness (QED) is 0.805. The van der Waals surface area contributed by atoms with Crippen LogP contribution in [0.5, 0.6) is 11.5 Å². The lowest BCUT2D eigenvalue weighted by Gasteiger charge is -2.24. The van der Waals surface area contributed by atoms with Gasteiger partial charge >= 0.3 is 0 Å². The average Bonchev–Trinajstić information content (AvgIpc) is 2.90. The van der Waals surface area contributed by atoms with Crippen LogP contribution < -0.4 is 14.8 Å². The van der Waals surface area contributed by atoms with Crippen molar-refractivity contribution in [2.45, 2.75) is 51.7 Å². The maximum Gasteiger partial charge on any atom is 0.231 e. The van der Waals surface area contributed by atoms with E-state index in [4.69, 9.17) is 9.47 Å². The summed E-state index contributed by atoms with van der Waals surface area (Å²) in [6, 6.07) is 6.48. The summed E-state index contributed by atoms with van der Waals surface area (Å²) in [5.41, 5.74) is 0.637. The summed E-state index contributed by atoms with van der Waals surface area (Å²) in [7, 11) is 0. The van der Waals surface area contributed by atoms with Crippen molar-refractivity contribution in [2.24, 2.45) is 0 Å². The van der Waals surface area contributed by atoms with Crippen molar-refractivity contribution in [1.29, 1.82) is 0 Å². The Morgan fingerprint density at radius 3 is 2.85 bits per heavy atom. The molecule has 2 N–H and O–H groups in total. The third-order valence-electron chi connectivity index (χ3n) is 3.90. The summed E-state index contributed by atoms with van der Waals surface area (Å²) in [6.45, 7) is 6.97. The summed E-state index contributed by atoms with van der Waals surface area (Å²) >= 11 is 0. The molecule has 1 heterocycles. The minimum Gasteiger partial charge on any atom is -0.454 e. The van der Waals surface area contributed by atoms with E-state index in [0.717, 1.165) is 30.8 Å². The van der Waals surface area contributed by atoms with Gasteiger partial charge < -0.3 is 19.9 Å². The normalized spacial score (nSPS) is 17.8. The fraction of sp³-hybridized carbons (Fsp3) is 0.625. The zero-order valence-electron chi connectivity index (χ0n) is 12.6. The molecule has 4 heteroatoms. The van der Waals surface area contributed by atoms with Gasteiger partial charge in [-0.1, -0.05) is 13.0 Å². The van der Waals surface area contributed by atoms with Crippen LogP contribution in [0.1, 0.15) is 39.2 Å². The van der Waals surface area contributed by atoms with E-state index in [1.54, 1.807) is 0 Å². The van der Waals surface area contributed by atoms with E-state index in [0.29, 0.717) is 19.4 Å². The van der Waals surface area contributed by atoms with Crippen LogP contribution in [0.2, 0.25) is 0 Å². The molecule has 0 radical (unpaired) electrons. The largest absolute Gasteiger partial charge is 0.454 e. The van der Waals surface area contributed by atoms with Crippen LogP contribution in [-0.2, 0) is 6.42 Å². The second kappa shape index (κ2) is 6.46. The van der Waals surface area contributed by atoms with E-state index in [-0.39, 0.29) is 0 Å². The number of benzene rings is 1. The molecule has 2 rings (SSSR count). The number of fused-ring (bicyclic) bond motifs is 1. The first-order valence-corrected chi connectivity index (χ1v) is 7.34. The maximum absolute atomic E-state index is 9.97. The topological polar surface area (TPSA) is 50.7 Å². The molecule has 0 saturated carbocycles. The van der Waals surface area contributed by atoms with Crippen molar-refractivity contribution in [3.05, 3.63) is 23.8 Å². The number of hydrogen-bond donors (Lipinski definition) is 2. The predicted octanol–water partition coefficient (Wildman–Crippen LogP) is 2.49. The van der Waals surface area contributed by atoms with Gasteiger partial charge in [-0.15, -0.1) is 0 Å². The van der Waals surface area contributed by atoms with E-state index < -0.39 is 5.60 Å². The highest BCUT2D eigenvalue weighted by atomic mass is 16.7. The van der Waals surface area contributed by atoms with E-state index in [9.17, 15) is 5.11 Å². The average molecular weight is 279 g/mol. The molecule has 1 aliphatic rings. The second-order valence-corrected chi connectivity index (χ2v) is 5.86. The Morgan fingerprint density at radius 1 is 1.35 bits per heavy atom. The van der Waals surface area contributed by atoms with Gasteiger partial charge in [-0.2, -0.15) is 0 Å². The molecule has 4 nitrogen and oxygen atoms in total. The summed E-state index contributed by atoms with van der Waals surface area (Å²) < 4.78 is 10.7. The van der Waals surface area contributed by atoms with Crippen molar-refractivity contribution in [2.75, 3.05) is 13.3 Å². The number of nitrogens with one attached hydrogen (secondary N) is 1. The fourth-order valence-electron chi connectivity index (χ4n) is 2.10. The van der Waals surface area contributed by atoms with Crippen molar-refractivity contribution < 1.29 is 14.6 Å². The van der Waals surface area contributed by atoms with Crippen molar-refractivity contribution in [1.82, 2.24) is 5.32 Å². The Hall–Kier alpha value is -1.26. The zero-order valence-corrected chi connectivity index (χ0v) is 12.6. The maximum atomic E-state index is 9.97. The highest BCUT2D eigenvalue weighted by Gasteiger charge is 2.18. The Balaban J connectivity index is 1.77. The highest BCUT2D eigenvalue weighted by molar-refractivity contribution is 5.44. The van der Waals surface area contributed by atoms with E-state index in [2.05, 4.69) is 24.4 Å². The SMILES string of the molecule is CCC(C)(O)CNC(C)CCc1ccc2c(c1)OCO2. The van der Waals surface area contributed by atoms with Gasteiger partial charge in [-0.05, 0) is 50.8 Å². The monoisotopic (exact) mass is 279 g/mol. The van der Waals surface area contributed by atoms with Crippen molar-refractivity contribution in [3.8, 4) is 11.5 Å². The summed E-state index contributed by atoms with van der Waals surface area (Å²) in [5.74, 6) is 1.68. The molecule has 0 spiro atoms. The molecule has 112 valence electrons. The number of aryl methyl sites for hydroxylation is 1. The number of ether oxygens (including phenoxy) is 2. The molecule has 0 aliphatic carbocycles. The minimum atomic E-state index is -0.618. The number of aliphatic hydroxyl groups is 1. The lowest BCUT2D eigenvalue weighted by atomic mass is 10.0. The van der Waals surface area contributed by atoms with Crippen LogP contribution >= 0.6 is 0 Å². The van der Waals surface area contributed by atoms with Crippen LogP contribution in [-0.4, -0.2) is 30.1 Å². The van der Waals surface area contributed by atoms with E-state index in [1.165, 1.54) is 5.56 Å². The molecule has 20 heavy (non-hydrogen) atoms. The summed E-state index contributed by atoms with van der Waals surface area (Å²) in [4.78, 5) is 0. The Morgan fingerprint density at radius 2 is 2.10 bits per heavy atom. The minimum absolute atomic E-state index is 0.322. The zero-order chi connectivity index (χ0) is 14.6. The number of rotatable bonds is 7. The fourth-order valence-corrected chi connectivity index (χ4v) is 2.10.